The Bertz CT molecular complexity index is 1050. The lowest BCUT2D eigenvalue weighted by Crippen LogP contribution is -2.15. The summed E-state index contributed by atoms with van der Waals surface area (Å²) in [6.07, 6.45) is 1.78. The number of fused-ring (bicyclic) bond motifs is 1. The zero-order chi connectivity index (χ0) is 21.1. The number of aromatic nitrogens is 2. The van der Waals surface area contributed by atoms with Crippen molar-refractivity contribution >= 4 is 17.5 Å². The molecular formula is C24H25N3O3. The van der Waals surface area contributed by atoms with Gasteiger partial charge in [0.05, 0.1) is 13.0 Å². The van der Waals surface area contributed by atoms with E-state index in [1.807, 2.05) is 55.5 Å². The van der Waals surface area contributed by atoms with Gasteiger partial charge in [0.25, 0.3) is 0 Å². The number of anilines is 2. The van der Waals surface area contributed by atoms with E-state index in [-0.39, 0.29) is 6.42 Å². The van der Waals surface area contributed by atoms with Gasteiger partial charge in [-0.05, 0) is 61.7 Å². The molecule has 154 valence electrons. The van der Waals surface area contributed by atoms with E-state index in [2.05, 4.69) is 11.8 Å². The van der Waals surface area contributed by atoms with Crippen LogP contribution in [-0.2, 0) is 24.1 Å². The summed E-state index contributed by atoms with van der Waals surface area (Å²) in [4.78, 5) is 22.9. The quantitative estimate of drug-likeness (QED) is 0.629. The van der Waals surface area contributed by atoms with E-state index in [4.69, 9.17) is 19.8 Å². The molecule has 0 atom stereocenters. The van der Waals surface area contributed by atoms with E-state index in [1.54, 1.807) is 0 Å². The van der Waals surface area contributed by atoms with Gasteiger partial charge in [0, 0.05) is 29.1 Å². The van der Waals surface area contributed by atoms with Crippen LogP contribution in [0.1, 0.15) is 30.7 Å². The van der Waals surface area contributed by atoms with Crippen LogP contribution in [0.3, 0.4) is 0 Å². The van der Waals surface area contributed by atoms with E-state index in [1.165, 1.54) is 5.56 Å². The van der Waals surface area contributed by atoms with Crippen LogP contribution in [-0.4, -0.2) is 34.2 Å². The Morgan fingerprint density at radius 1 is 1.07 bits per heavy atom. The van der Waals surface area contributed by atoms with Gasteiger partial charge in [0.15, 0.2) is 5.82 Å². The number of aryl methyl sites for hydroxylation is 1. The van der Waals surface area contributed by atoms with Gasteiger partial charge in [-0.1, -0.05) is 19.1 Å². The molecular weight excluding hydrogens is 378 g/mol. The number of carboxylic acid groups (broad SMARTS) is 1. The Kier molecular flexibility index (Phi) is 5.65. The highest BCUT2D eigenvalue weighted by molar-refractivity contribution is 5.72. The molecule has 0 spiro atoms. The first kappa shape index (κ1) is 19.9. The topological polar surface area (TPSA) is 75.6 Å². The summed E-state index contributed by atoms with van der Waals surface area (Å²) < 4.78 is 5.54. The van der Waals surface area contributed by atoms with Crippen molar-refractivity contribution in [2.75, 3.05) is 18.1 Å². The van der Waals surface area contributed by atoms with Crippen LogP contribution in [0.15, 0.2) is 48.5 Å². The summed E-state index contributed by atoms with van der Waals surface area (Å²) in [7, 11) is 0. The number of nitrogens with zero attached hydrogens (tertiary/aromatic N) is 3. The van der Waals surface area contributed by atoms with Crippen molar-refractivity contribution in [2.24, 2.45) is 0 Å². The number of hydrogen-bond acceptors (Lipinski definition) is 5. The summed E-state index contributed by atoms with van der Waals surface area (Å²) in [5, 5.41) is 8.99. The van der Waals surface area contributed by atoms with Crippen molar-refractivity contribution in [1.82, 2.24) is 9.97 Å². The van der Waals surface area contributed by atoms with Crippen molar-refractivity contribution in [2.45, 2.75) is 33.1 Å². The minimum Gasteiger partial charge on any atom is -0.494 e. The summed E-state index contributed by atoms with van der Waals surface area (Å²) in [5.41, 5.74) is 5.04. The fourth-order valence-electron chi connectivity index (χ4n) is 3.83. The molecule has 0 radical (unpaired) electrons. The van der Waals surface area contributed by atoms with Crippen LogP contribution >= 0.6 is 0 Å². The number of carbonyl (C=O) groups is 1. The highest BCUT2D eigenvalue weighted by Gasteiger charge is 2.26. The summed E-state index contributed by atoms with van der Waals surface area (Å²) >= 11 is 0. The van der Waals surface area contributed by atoms with Crippen LogP contribution in [0.2, 0.25) is 0 Å². The molecule has 0 fully saturated rings. The lowest BCUT2D eigenvalue weighted by atomic mass is 10.1. The molecule has 0 aliphatic carbocycles. The molecule has 1 N–H and O–H groups in total. The summed E-state index contributed by atoms with van der Waals surface area (Å²) in [6, 6.07) is 15.6. The van der Waals surface area contributed by atoms with E-state index >= 15 is 0 Å². The Balaban J connectivity index is 1.68. The molecule has 6 heteroatoms. The molecule has 1 aliphatic rings. The van der Waals surface area contributed by atoms with Gasteiger partial charge in [-0.15, -0.1) is 0 Å². The van der Waals surface area contributed by atoms with Gasteiger partial charge in [0.1, 0.15) is 11.6 Å². The van der Waals surface area contributed by atoms with Crippen LogP contribution < -0.4 is 9.64 Å². The fraction of sp³-hybridized carbons (Fsp3) is 0.292. The standard InChI is InChI=1S/C24H25N3O3/c1-3-21-20-13-14-27(18-9-5-16(6-10-18)15-22(28)29)24(20)26-23(25-21)17-7-11-19(12-8-17)30-4-2/h5-12H,3-4,13-15H2,1-2H3,(H,28,29). The van der Waals surface area contributed by atoms with Gasteiger partial charge in [-0.25, -0.2) is 9.97 Å². The highest BCUT2D eigenvalue weighted by atomic mass is 16.5. The molecule has 6 nitrogen and oxygen atoms in total. The van der Waals surface area contributed by atoms with Crippen molar-refractivity contribution in [1.29, 1.82) is 0 Å². The molecule has 3 aromatic rings. The zero-order valence-electron chi connectivity index (χ0n) is 17.3. The second kappa shape index (κ2) is 8.53. The smallest absolute Gasteiger partial charge is 0.307 e. The zero-order valence-corrected chi connectivity index (χ0v) is 17.3. The lowest BCUT2D eigenvalue weighted by molar-refractivity contribution is -0.136. The predicted molar refractivity (Wildman–Crippen MR) is 117 cm³/mol. The van der Waals surface area contributed by atoms with Crippen molar-refractivity contribution < 1.29 is 14.6 Å². The van der Waals surface area contributed by atoms with Crippen molar-refractivity contribution in [3.63, 3.8) is 0 Å². The normalized spacial score (nSPS) is 12.7. The van der Waals surface area contributed by atoms with Crippen LogP contribution in [0.5, 0.6) is 5.75 Å². The van der Waals surface area contributed by atoms with E-state index in [0.29, 0.717) is 12.4 Å². The molecule has 1 aliphatic heterocycles. The predicted octanol–water partition coefficient (Wildman–Crippen LogP) is 4.43. The third-order valence-electron chi connectivity index (χ3n) is 5.27. The fourth-order valence-corrected chi connectivity index (χ4v) is 3.83. The van der Waals surface area contributed by atoms with Crippen molar-refractivity contribution in [3.8, 4) is 17.1 Å². The molecule has 1 aromatic heterocycles. The Morgan fingerprint density at radius 2 is 1.80 bits per heavy atom. The molecule has 0 unspecified atom stereocenters. The summed E-state index contributed by atoms with van der Waals surface area (Å²) in [5.74, 6) is 1.66. The van der Waals surface area contributed by atoms with Gasteiger partial charge < -0.3 is 14.7 Å². The second-order valence-corrected chi connectivity index (χ2v) is 7.25. The minimum atomic E-state index is -0.824. The number of aliphatic carboxylic acids is 1. The van der Waals surface area contributed by atoms with E-state index in [0.717, 1.165) is 53.5 Å². The number of carboxylic acids is 1. The van der Waals surface area contributed by atoms with Gasteiger partial charge in [0.2, 0.25) is 0 Å². The lowest BCUT2D eigenvalue weighted by Gasteiger charge is -2.20. The monoisotopic (exact) mass is 403 g/mol. The highest BCUT2D eigenvalue weighted by Crippen LogP contribution is 2.36. The van der Waals surface area contributed by atoms with Crippen LogP contribution in [0.4, 0.5) is 11.5 Å². The average Bonchev–Trinajstić information content (AvgIpc) is 3.18. The average molecular weight is 403 g/mol. The van der Waals surface area contributed by atoms with Crippen LogP contribution in [0.25, 0.3) is 11.4 Å². The molecule has 2 heterocycles. The van der Waals surface area contributed by atoms with E-state index < -0.39 is 5.97 Å². The Morgan fingerprint density at radius 3 is 2.43 bits per heavy atom. The van der Waals surface area contributed by atoms with Gasteiger partial charge >= 0.3 is 5.97 Å². The Hall–Kier alpha value is -3.41. The van der Waals surface area contributed by atoms with Crippen LogP contribution in [0, 0.1) is 0 Å². The SMILES string of the molecule is CCOc1ccc(-c2nc(CC)c3c(n2)N(c2ccc(CC(=O)O)cc2)CC3)cc1. The Labute approximate surface area is 176 Å². The van der Waals surface area contributed by atoms with E-state index in [9.17, 15) is 4.79 Å². The third-order valence-corrected chi connectivity index (χ3v) is 5.27. The molecule has 0 saturated heterocycles. The number of rotatable bonds is 7. The molecule has 0 bridgehead atoms. The maximum absolute atomic E-state index is 10.9. The molecule has 0 amide bonds. The first-order valence-electron chi connectivity index (χ1n) is 10.3. The second-order valence-electron chi connectivity index (χ2n) is 7.25. The third kappa shape index (κ3) is 3.99. The number of ether oxygens (including phenoxy) is 1. The molecule has 30 heavy (non-hydrogen) atoms. The van der Waals surface area contributed by atoms with Gasteiger partial charge in [-0.3, -0.25) is 4.79 Å². The number of hydrogen-bond donors (Lipinski definition) is 1. The summed E-state index contributed by atoms with van der Waals surface area (Å²) in [6.45, 7) is 5.55. The largest absolute Gasteiger partial charge is 0.494 e. The maximum atomic E-state index is 10.9. The molecule has 2 aromatic carbocycles. The first-order chi connectivity index (χ1) is 14.6. The van der Waals surface area contributed by atoms with Crippen molar-refractivity contribution in [3.05, 3.63) is 65.4 Å². The maximum Gasteiger partial charge on any atom is 0.307 e. The number of benzene rings is 2. The molecule has 4 rings (SSSR count). The minimum absolute atomic E-state index is 0.0287. The molecule has 0 saturated carbocycles. The van der Waals surface area contributed by atoms with Gasteiger partial charge in [-0.2, -0.15) is 0 Å². The first-order valence-corrected chi connectivity index (χ1v) is 10.3.